The zero-order valence-electron chi connectivity index (χ0n) is 12.9. The van der Waals surface area contributed by atoms with Crippen LogP contribution in [-0.2, 0) is 11.0 Å². The molecular weight excluding hydrogens is 363 g/mol. The SMILES string of the molecule is CN(CCC(=O)O)c1cnn(-c2cccc(C(F)(F)F)c2)c(=O)c1Cl. The van der Waals surface area contributed by atoms with Crippen molar-refractivity contribution in [3.8, 4) is 5.69 Å². The van der Waals surface area contributed by atoms with Gasteiger partial charge in [0.2, 0.25) is 0 Å². The van der Waals surface area contributed by atoms with Gasteiger partial charge in [-0.25, -0.2) is 0 Å². The van der Waals surface area contributed by atoms with Gasteiger partial charge in [-0.1, -0.05) is 17.7 Å². The second-order valence-electron chi connectivity index (χ2n) is 5.17. The van der Waals surface area contributed by atoms with E-state index < -0.39 is 23.3 Å². The van der Waals surface area contributed by atoms with E-state index in [1.165, 1.54) is 24.2 Å². The number of benzene rings is 1. The van der Waals surface area contributed by atoms with Crippen LogP contribution in [0.15, 0.2) is 35.3 Å². The molecule has 0 spiro atoms. The maximum atomic E-state index is 12.8. The summed E-state index contributed by atoms with van der Waals surface area (Å²) in [4.78, 5) is 24.4. The van der Waals surface area contributed by atoms with Crippen LogP contribution in [0.2, 0.25) is 5.02 Å². The normalized spacial score (nSPS) is 11.4. The number of alkyl halides is 3. The number of carboxylic acid groups (broad SMARTS) is 1. The number of hydrogen-bond donors (Lipinski definition) is 1. The molecule has 0 bridgehead atoms. The van der Waals surface area contributed by atoms with Gasteiger partial charge in [-0.3, -0.25) is 9.59 Å². The van der Waals surface area contributed by atoms with Crippen LogP contribution < -0.4 is 10.5 Å². The third-order valence-electron chi connectivity index (χ3n) is 3.39. The van der Waals surface area contributed by atoms with Crippen LogP contribution in [0.4, 0.5) is 18.9 Å². The van der Waals surface area contributed by atoms with E-state index in [0.29, 0.717) is 0 Å². The molecule has 10 heteroatoms. The van der Waals surface area contributed by atoms with Crippen LogP contribution in [0.3, 0.4) is 0 Å². The summed E-state index contributed by atoms with van der Waals surface area (Å²) in [5.41, 5.74) is -1.62. The first-order valence-corrected chi connectivity index (χ1v) is 7.37. The van der Waals surface area contributed by atoms with Crippen molar-refractivity contribution in [3.05, 3.63) is 51.4 Å². The van der Waals surface area contributed by atoms with E-state index in [0.717, 1.165) is 22.9 Å². The van der Waals surface area contributed by atoms with Gasteiger partial charge in [0.15, 0.2) is 0 Å². The summed E-state index contributed by atoms with van der Waals surface area (Å²) in [6, 6.07) is 4.13. The fourth-order valence-corrected chi connectivity index (χ4v) is 2.35. The van der Waals surface area contributed by atoms with Gasteiger partial charge in [0.25, 0.3) is 5.56 Å². The van der Waals surface area contributed by atoms with Gasteiger partial charge < -0.3 is 10.0 Å². The monoisotopic (exact) mass is 375 g/mol. The fourth-order valence-electron chi connectivity index (χ4n) is 2.07. The first-order chi connectivity index (χ1) is 11.6. The maximum absolute atomic E-state index is 12.8. The van der Waals surface area contributed by atoms with Gasteiger partial charge in [0, 0.05) is 13.6 Å². The molecular formula is C15H13ClF3N3O3. The van der Waals surface area contributed by atoms with E-state index in [9.17, 15) is 22.8 Å². The first kappa shape index (κ1) is 18.8. The predicted octanol–water partition coefficient (Wildman–Crippen LogP) is 2.82. The average Bonchev–Trinajstić information content (AvgIpc) is 2.54. The Morgan fingerprint density at radius 1 is 1.40 bits per heavy atom. The highest BCUT2D eigenvalue weighted by atomic mass is 35.5. The lowest BCUT2D eigenvalue weighted by Crippen LogP contribution is -2.27. The molecule has 25 heavy (non-hydrogen) atoms. The topological polar surface area (TPSA) is 75.4 Å². The number of rotatable bonds is 5. The van der Waals surface area contributed by atoms with Crippen molar-refractivity contribution in [1.82, 2.24) is 9.78 Å². The van der Waals surface area contributed by atoms with Crippen molar-refractivity contribution >= 4 is 23.3 Å². The maximum Gasteiger partial charge on any atom is 0.416 e. The molecule has 1 aromatic carbocycles. The second-order valence-corrected chi connectivity index (χ2v) is 5.55. The molecule has 1 N–H and O–H groups in total. The summed E-state index contributed by atoms with van der Waals surface area (Å²) in [5, 5.41) is 12.3. The van der Waals surface area contributed by atoms with Crippen LogP contribution >= 0.6 is 11.6 Å². The molecule has 0 aliphatic heterocycles. The Hall–Kier alpha value is -2.55. The highest BCUT2D eigenvalue weighted by Crippen LogP contribution is 2.30. The van der Waals surface area contributed by atoms with E-state index in [-0.39, 0.29) is 29.4 Å². The quantitative estimate of drug-likeness (QED) is 0.869. The molecule has 0 aliphatic carbocycles. The predicted molar refractivity (Wildman–Crippen MR) is 85.4 cm³/mol. The number of nitrogens with zero attached hydrogens (tertiary/aromatic N) is 3. The van der Waals surface area contributed by atoms with Crippen LogP contribution in [0.25, 0.3) is 5.69 Å². The van der Waals surface area contributed by atoms with Crippen molar-refractivity contribution in [1.29, 1.82) is 0 Å². The smallest absolute Gasteiger partial charge is 0.416 e. The lowest BCUT2D eigenvalue weighted by Gasteiger charge is -2.19. The van der Waals surface area contributed by atoms with Crippen LogP contribution in [0.1, 0.15) is 12.0 Å². The molecule has 0 fully saturated rings. The number of aromatic nitrogens is 2. The number of carbonyl (C=O) groups is 1. The Kier molecular flexibility index (Phi) is 5.36. The van der Waals surface area contributed by atoms with Gasteiger partial charge in [0.1, 0.15) is 5.02 Å². The molecule has 1 heterocycles. The van der Waals surface area contributed by atoms with Crippen molar-refractivity contribution in [2.24, 2.45) is 0 Å². The third kappa shape index (κ3) is 4.30. The standard InChI is InChI=1S/C15H13ClF3N3O3/c1-21(6-5-12(23)24)11-8-20-22(14(25)13(11)16)10-4-2-3-9(7-10)15(17,18)19/h2-4,7-8H,5-6H2,1H3,(H,23,24). The summed E-state index contributed by atoms with van der Waals surface area (Å²) in [6.07, 6.45) is -3.53. The van der Waals surface area contributed by atoms with E-state index in [1.54, 1.807) is 0 Å². The molecule has 6 nitrogen and oxygen atoms in total. The molecule has 2 aromatic rings. The van der Waals surface area contributed by atoms with Gasteiger partial charge in [-0.2, -0.15) is 23.0 Å². The summed E-state index contributed by atoms with van der Waals surface area (Å²) in [5.74, 6) is -1.02. The number of aliphatic carboxylic acids is 1. The van der Waals surface area contributed by atoms with E-state index in [1.807, 2.05) is 0 Å². The Bertz CT molecular complexity index is 852. The number of halogens is 4. The number of hydrogen-bond acceptors (Lipinski definition) is 4. The lowest BCUT2D eigenvalue weighted by atomic mass is 10.2. The number of carboxylic acids is 1. The van der Waals surface area contributed by atoms with Crippen molar-refractivity contribution in [3.63, 3.8) is 0 Å². The van der Waals surface area contributed by atoms with Crippen molar-refractivity contribution in [2.75, 3.05) is 18.5 Å². The summed E-state index contributed by atoms with van der Waals surface area (Å²) in [6.45, 7) is 0.0870. The zero-order valence-corrected chi connectivity index (χ0v) is 13.7. The molecule has 0 saturated heterocycles. The molecule has 1 aromatic heterocycles. The number of anilines is 1. The zero-order chi connectivity index (χ0) is 18.8. The highest BCUT2D eigenvalue weighted by molar-refractivity contribution is 6.33. The van der Waals surface area contributed by atoms with E-state index in [4.69, 9.17) is 16.7 Å². The first-order valence-electron chi connectivity index (χ1n) is 6.99. The lowest BCUT2D eigenvalue weighted by molar-refractivity contribution is -0.138. The Balaban J connectivity index is 2.41. The Morgan fingerprint density at radius 2 is 2.08 bits per heavy atom. The molecule has 0 unspecified atom stereocenters. The minimum atomic E-state index is -4.56. The highest BCUT2D eigenvalue weighted by Gasteiger charge is 2.30. The summed E-state index contributed by atoms with van der Waals surface area (Å²) < 4.78 is 39.1. The van der Waals surface area contributed by atoms with Gasteiger partial charge in [-0.15, -0.1) is 0 Å². The molecule has 0 saturated carbocycles. The van der Waals surface area contributed by atoms with Crippen LogP contribution in [0.5, 0.6) is 0 Å². The minimum absolute atomic E-state index is 0.0820. The van der Waals surface area contributed by atoms with Gasteiger partial charge >= 0.3 is 12.1 Å². The molecule has 134 valence electrons. The third-order valence-corrected chi connectivity index (χ3v) is 3.75. The van der Waals surface area contributed by atoms with Crippen LogP contribution in [0, 0.1) is 0 Å². The molecule has 2 rings (SSSR count). The summed E-state index contributed by atoms with van der Waals surface area (Å²) >= 11 is 6.00. The second kappa shape index (κ2) is 7.14. The van der Waals surface area contributed by atoms with Gasteiger partial charge in [-0.05, 0) is 18.2 Å². The van der Waals surface area contributed by atoms with Crippen LogP contribution in [-0.4, -0.2) is 34.4 Å². The van der Waals surface area contributed by atoms with Crippen molar-refractivity contribution in [2.45, 2.75) is 12.6 Å². The van der Waals surface area contributed by atoms with Gasteiger partial charge in [0.05, 0.1) is 29.6 Å². The fraction of sp³-hybridized carbons (Fsp3) is 0.267. The Morgan fingerprint density at radius 3 is 2.68 bits per heavy atom. The molecule has 0 aliphatic rings. The minimum Gasteiger partial charge on any atom is -0.481 e. The largest absolute Gasteiger partial charge is 0.481 e. The molecule has 0 radical (unpaired) electrons. The van der Waals surface area contributed by atoms with E-state index >= 15 is 0 Å². The molecule has 0 atom stereocenters. The Labute approximate surface area is 145 Å². The van der Waals surface area contributed by atoms with E-state index in [2.05, 4.69) is 5.10 Å². The summed E-state index contributed by atoms with van der Waals surface area (Å²) in [7, 11) is 1.53. The average molecular weight is 376 g/mol. The van der Waals surface area contributed by atoms with Crippen molar-refractivity contribution < 1.29 is 23.1 Å². The molecule has 0 amide bonds.